The fourth-order valence-corrected chi connectivity index (χ4v) is 1.15. The molecule has 0 N–H and O–H groups in total. The molecule has 0 aromatic carbocycles. The molecule has 0 atom stereocenters. The summed E-state index contributed by atoms with van der Waals surface area (Å²) in [5.41, 5.74) is 0. The molecule has 2 nitrogen and oxygen atoms in total. The lowest BCUT2D eigenvalue weighted by atomic mass is 10.2. The largest absolute Gasteiger partial charge is 0.299 e. The number of carbonyl (C=O) groups is 1. The fraction of sp³-hybridized carbons (Fsp3) is 0.625. The van der Waals surface area contributed by atoms with Crippen molar-refractivity contribution in [2.24, 2.45) is 0 Å². The van der Waals surface area contributed by atoms with Crippen LogP contribution < -0.4 is 0 Å². The highest BCUT2D eigenvalue weighted by atomic mass is 16.1. The van der Waals surface area contributed by atoms with Gasteiger partial charge < -0.3 is 0 Å². The van der Waals surface area contributed by atoms with Crippen LogP contribution in [0, 0.1) is 0 Å². The van der Waals surface area contributed by atoms with E-state index >= 15 is 0 Å². The third-order valence-corrected chi connectivity index (χ3v) is 1.59. The number of ketones is 1. The van der Waals surface area contributed by atoms with Gasteiger partial charge >= 0.3 is 0 Å². The molecule has 0 spiro atoms. The predicted octanol–water partition coefficient (Wildman–Crippen LogP) is 0.837. The van der Waals surface area contributed by atoms with Gasteiger partial charge in [0.2, 0.25) is 0 Å². The van der Waals surface area contributed by atoms with Gasteiger partial charge in [0.25, 0.3) is 0 Å². The Bertz CT molecular complexity index is 151. The van der Waals surface area contributed by atoms with Gasteiger partial charge in [-0.05, 0) is 13.3 Å². The van der Waals surface area contributed by atoms with Crippen molar-refractivity contribution in [3.63, 3.8) is 0 Å². The zero-order valence-electron chi connectivity index (χ0n) is 6.34. The van der Waals surface area contributed by atoms with Crippen molar-refractivity contribution in [3.05, 3.63) is 12.2 Å². The van der Waals surface area contributed by atoms with Crippen LogP contribution in [0.25, 0.3) is 0 Å². The summed E-state index contributed by atoms with van der Waals surface area (Å²) >= 11 is 0. The minimum absolute atomic E-state index is 0.260. The van der Waals surface area contributed by atoms with Gasteiger partial charge in [-0.15, -0.1) is 0 Å². The second kappa shape index (κ2) is 3.52. The van der Waals surface area contributed by atoms with E-state index in [-0.39, 0.29) is 5.78 Å². The first-order valence-corrected chi connectivity index (χ1v) is 3.66. The zero-order chi connectivity index (χ0) is 7.40. The highest BCUT2D eigenvalue weighted by Crippen LogP contribution is 1.99. The van der Waals surface area contributed by atoms with Crippen LogP contribution in [0.4, 0.5) is 0 Å². The van der Waals surface area contributed by atoms with Gasteiger partial charge in [-0.1, -0.05) is 12.2 Å². The van der Waals surface area contributed by atoms with E-state index in [0.717, 1.165) is 19.5 Å². The van der Waals surface area contributed by atoms with Gasteiger partial charge in [0.15, 0.2) is 0 Å². The number of nitrogens with zero attached hydrogens (tertiary/aromatic N) is 1. The molecule has 0 aliphatic carbocycles. The Morgan fingerprint density at radius 2 is 2.40 bits per heavy atom. The van der Waals surface area contributed by atoms with Gasteiger partial charge in [-0.2, -0.15) is 0 Å². The summed E-state index contributed by atoms with van der Waals surface area (Å²) in [7, 11) is 0. The topological polar surface area (TPSA) is 20.3 Å². The van der Waals surface area contributed by atoms with Crippen LogP contribution in [-0.2, 0) is 4.79 Å². The maximum absolute atomic E-state index is 10.6. The van der Waals surface area contributed by atoms with Crippen molar-refractivity contribution in [3.8, 4) is 0 Å². The molecular formula is C8H13NO. The Labute approximate surface area is 61.5 Å². The molecule has 56 valence electrons. The molecule has 0 bridgehead atoms. The second-order valence-electron chi connectivity index (χ2n) is 2.70. The lowest BCUT2D eigenvalue weighted by molar-refractivity contribution is -0.118. The average Bonchev–Trinajstić information content (AvgIpc) is 1.88. The lowest BCUT2D eigenvalue weighted by Crippen LogP contribution is -2.31. The highest BCUT2D eigenvalue weighted by Gasteiger charge is 2.06. The van der Waals surface area contributed by atoms with Crippen LogP contribution in [0.2, 0.25) is 0 Å². The van der Waals surface area contributed by atoms with E-state index in [0.29, 0.717) is 6.54 Å². The van der Waals surface area contributed by atoms with Gasteiger partial charge in [0.05, 0.1) is 6.54 Å². The molecule has 1 aliphatic heterocycles. The van der Waals surface area contributed by atoms with E-state index in [1.165, 1.54) is 0 Å². The van der Waals surface area contributed by atoms with Crippen LogP contribution in [0.1, 0.15) is 13.3 Å². The molecule has 0 fully saturated rings. The summed E-state index contributed by atoms with van der Waals surface area (Å²) in [5.74, 6) is 0.260. The van der Waals surface area contributed by atoms with Crippen molar-refractivity contribution in [1.82, 2.24) is 4.90 Å². The van der Waals surface area contributed by atoms with Crippen LogP contribution in [0.15, 0.2) is 12.2 Å². The Balaban J connectivity index is 2.28. The summed E-state index contributed by atoms with van der Waals surface area (Å²) in [4.78, 5) is 12.8. The summed E-state index contributed by atoms with van der Waals surface area (Å²) in [6, 6.07) is 0. The Hall–Kier alpha value is -0.630. The van der Waals surface area contributed by atoms with Crippen molar-refractivity contribution >= 4 is 5.78 Å². The summed E-state index contributed by atoms with van der Waals surface area (Å²) in [6.07, 6.45) is 5.37. The first-order valence-electron chi connectivity index (χ1n) is 3.66. The number of hydrogen-bond acceptors (Lipinski definition) is 2. The van der Waals surface area contributed by atoms with Crippen LogP contribution >= 0.6 is 0 Å². The van der Waals surface area contributed by atoms with Crippen molar-refractivity contribution in [2.45, 2.75) is 13.3 Å². The molecule has 2 heteroatoms. The lowest BCUT2D eigenvalue weighted by Gasteiger charge is -2.20. The second-order valence-corrected chi connectivity index (χ2v) is 2.70. The first kappa shape index (κ1) is 7.48. The van der Waals surface area contributed by atoms with E-state index in [4.69, 9.17) is 0 Å². The normalized spacial score (nSPS) is 19.3. The molecule has 1 rings (SSSR count). The van der Waals surface area contributed by atoms with Crippen LogP contribution in [0.3, 0.4) is 0 Å². The molecule has 0 aromatic heterocycles. The maximum atomic E-state index is 10.6. The zero-order valence-corrected chi connectivity index (χ0v) is 6.34. The van der Waals surface area contributed by atoms with E-state index in [1.54, 1.807) is 6.92 Å². The minimum Gasteiger partial charge on any atom is -0.299 e. The van der Waals surface area contributed by atoms with E-state index in [2.05, 4.69) is 17.1 Å². The number of rotatable bonds is 2. The Kier molecular flexibility index (Phi) is 2.63. The summed E-state index contributed by atoms with van der Waals surface area (Å²) in [6.45, 7) is 4.23. The quantitative estimate of drug-likeness (QED) is 0.528. The van der Waals surface area contributed by atoms with Crippen molar-refractivity contribution in [2.75, 3.05) is 19.6 Å². The van der Waals surface area contributed by atoms with Gasteiger partial charge in [0, 0.05) is 13.1 Å². The van der Waals surface area contributed by atoms with Crippen LogP contribution in [0.5, 0.6) is 0 Å². The molecule has 0 aromatic rings. The van der Waals surface area contributed by atoms with E-state index < -0.39 is 0 Å². The molecule has 10 heavy (non-hydrogen) atoms. The molecule has 1 heterocycles. The Morgan fingerprint density at radius 3 is 2.90 bits per heavy atom. The number of carbonyl (C=O) groups excluding carboxylic acids is 1. The van der Waals surface area contributed by atoms with Crippen LogP contribution in [-0.4, -0.2) is 30.3 Å². The molecule has 0 amide bonds. The summed E-state index contributed by atoms with van der Waals surface area (Å²) in [5, 5.41) is 0. The Morgan fingerprint density at radius 1 is 1.60 bits per heavy atom. The smallest absolute Gasteiger partial charge is 0.143 e. The monoisotopic (exact) mass is 139 g/mol. The van der Waals surface area contributed by atoms with E-state index in [9.17, 15) is 4.79 Å². The third-order valence-electron chi connectivity index (χ3n) is 1.59. The first-order chi connectivity index (χ1) is 4.79. The van der Waals surface area contributed by atoms with E-state index in [1.807, 2.05) is 0 Å². The number of Topliss-reactive ketones (excluding diaryl/α,β-unsaturated/α-hetero) is 1. The maximum Gasteiger partial charge on any atom is 0.143 e. The van der Waals surface area contributed by atoms with Crippen molar-refractivity contribution < 1.29 is 4.79 Å². The molecule has 1 aliphatic rings. The molecule has 0 saturated carbocycles. The van der Waals surface area contributed by atoms with Crippen molar-refractivity contribution in [1.29, 1.82) is 0 Å². The number of hydrogen-bond donors (Lipinski definition) is 0. The minimum atomic E-state index is 0.260. The molecule has 0 radical (unpaired) electrons. The third kappa shape index (κ3) is 2.31. The van der Waals surface area contributed by atoms with Gasteiger partial charge in [-0.3, -0.25) is 9.69 Å². The fourth-order valence-electron chi connectivity index (χ4n) is 1.15. The van der Waals surface area contributed by atoms with Gasteiger partial charge in [0.1, 0.15) is 5.78 Å². The summed E-state index contributed by atoms with van der Waals surface area (Å²) < 4.78 is 0. The van der Waals surface area contributed by atoms with Gasteiger partial charge in [-0.25, -0.2) is 0 Å². The average molecular weight is 139 g/mol. The highest BCUT2D eigenvalue weighted by molar-refractivity contribution is 5.77. The predicted molar refractivity (Wildman–Crippen MR) is 40.9 cm³/mol. The molecule has 0 saturated heterocycles. The SMILES string of the molecule is CC(=O)CN1CC=CCC1. The molecule has 0 unspecified atom stereocenters. The molecular weight excluding hydrogens is 126 g/mol. The standard InChI is InChI=1S/C8H13NO/c1-8(10)7-9-5-3-2-4-6-9/h2-3H,4-7H2,1H3.